The van der Waals surface area contributed by atoms with Crippen LogP contribution in [0.5, 0.6) is 0 Å². The highest BCUT2D eigenvalue weighted by molar-refractivity contribution is 7.18. The lowest BCUT2D eigenvalue weighted by atomic mass is 10.2. The van der Waals surface area contributed by atoms with Gasteiger partial charge in [-0.25, -0.2) is 9.37 Å². The third-order valence-corrected chi connectivity index (χ3v) is 6.43. The Balaban J connectivity index is 1.58. The van der Waals surface area contributed by atoms with Crippen LogP contribution in [0, 0.1) is 5.82 Å². The summed E-state index contributed by atoms with van der Waals surface area (Å²) < 4.78 is 15.3. The van der Waals surface area contributed by atoms with Gasteiger partial charge in [-0.1, -0.05) is 17.7 Å². The molecule has 2 heterocycles. The minimum Gasteiger partial charge on any atom is -0.340 e. The van der Waals surface area contributed by atoms with Crippen molar-refractivity contribution in [3.8, 4) is 0 Å². The van der Waals surface area contributed by atoms with Crippen LogP contribution < -0.4 is 5.56 Å². The van der Waals surface area contributed by atoms with Crippen molar-refractivity contribution < 1.29 is 9.18 Å². The third kappa shape index (κ3) is 3.26. The third-order valence-electron chi connectivity index (χ3n) is 4.88. The number of halogens is 2. The first-order valence-electron chi connectivity index (χ1n) is 8.62. The molecule has 1 amide bonds. The van der Waals surface area contributed by atoms with E-state index in [1.54, 1.807) is 24.5 Å². The molecule has 3 aromatic rings. The number of benzene rings is 1. The summed E-state index contributed by atoms with van der Waals surface area (Å²) in [7, 11) is 1.56. The average molecular weight is 406 g/mol. The Bertz CT molecular complexity index is 1090. The van der Waals surface area contributed by atoms with Gasteiger partial charge in [0.1, 0.15) is 17.2 Å². The molecule has 0 radical (unpaired) electrons. The highest BCUT2D eigenvalue weighted by atomic mass is 35.5. The number of aromatic nitrogens is 2. The molecule has 140 valence electrons. The van der Waals surface area contributed by atoms with E-state index in [1.165, 1.54) is 32.8 Å². The standard InChI is InChI=1S/C19H17ClFN3O2S/c1-23(8-12-13(20)5-3-6-14(12)21)16(25)9-24-10-22-18-17(19(24)26)11-4-2-7-15(11)27-18/h3,5-6,10H,2,4,7-9H2,1H3. The Kier molecular flexibility index (Phi) is 4.74. The molecule has 1 aromatic carbocycles. The zero-order valence-electron chi connectivity index (χ0n) is 14.7. The second-order valence-corrected chi connectivity index (χ2v) is 8.16. The van der Waals surface area contributed by atoms with E-state index in [9.17, 15) is 14.0 Å². The van der Waals surface area contributed by atoms with Crippen molar-refractivity contribution >= 4 is 39.1 Å². The van der Waals surface area contributed by atoms with Crippen molar-refractivity contribution in [2.75, 3.05) is 7.05 Å². The summed E-state index contributed by atoms with van der Waals surface area (Å²) in [6.45, 7) is -0.114. The van der Waals surface area contributed by atoms with Crippen LogP contribution in [-0.4, -0.2) is 27.4 Å². The highest BCUT2D eigenvalue weighted by Gasteiger charge is 2.22. The van der Waals surface area contributed by atoms with Gasteiger partial charge >= 0.3 is 0 Å². The van der Waals surface area contributed by atoms with E-state index < -0.39 is 5.82 Å². The Labute approximate surface area is 164 Å². The van der Waals surface area contributed by atoms with Crippen molar-refractivity contribution in [3.05, 3.63) is 61.7 Å². The number of thiophene rings is 1. The number of hydrogen-bond acceptors (Lipinski definition) is 4. The maximum atomic E-state index is 13.9. The van der Waals surface area contributed by atoms with Crippen molar-refractivity contribution in [1.29, 1.82) is 0 Å². The number of carbonyl (C=O) groups is 1. The SMILES string of the molecule is CN(Cc1c(F)cccc1Cl)C(=O)Cn1cnc2sc3c(c2c1=O)CCC3. The fraction of sp³-hybridized carbons (Fsp3) is 0.316. The molecule has 0 aliphatic heterocycles. The van der Waals surface area contributed by atoms with Crippen molar-refractivity contribution in [3.63, 3.8) is 0 Å². The zero-order valence-corrected chi connectivity index (χ0v) is 16.2. The summed E-state index contributed by atoms with van der Waals surface area (Å²) >= 11 is 7.59. The van der Waals surface area contributed by atoms with Gasteiger partial charge in [-0.05, 0) is 37.0 Å². The highest BCUT2D eigenvalue weighted by Crippen LogP contribution is 2.34. The molecule has 0 saturated carbocycles. The molecule has 0 bridgehead atoms. The van der Waals surface area contributed by atoms with E-state index in [1.807, 2.05) is 0 Å². The van der Waals surface area contributed by atoms with Crippen molar-refractivity contribution in [1.82, 2.24) is 14.5 Å². The molecule has 1 aliphatic rings. The summed E-state index contributed by atoms with van der Waals surface area (Å²) in [5.41, 5.74) is 1.15. The zero-order chi connectivity index (χ0) is 19.1. The summed E-state index contributed by atoms with van der Waals surface area (Å²) in [6.07, 6.45) is 4.34. The van der Waals surface area contributed by atoms with Crippen LogP contribution in [0.25, 0.3) is 10.2 Å². The maximum absolute atomic E-state index is 13.9. The fourth-order valence-corrected chi connectivity index (χ4v) is 4.85. The number of nitrogens with zero attached hydrogens (tertiary/aromatic N) is 3. The number of fused-ring (bicyclic) bond motifs is 3. The van der Waals surface area contributed by atoms with Gasteiger partial charge in [0.2, 0.25) is 5.91 Å². The van der Waals surface area contributed by atoms with Crippen LogP contribution in [-0.2, 0) is 30.7 Å². The first kappa shape index (κ1) is 18.1. The number of rotatable bonds is 4. The number of likely N-dealkylation sites (N-methyl/N-ethyl adjacent to an activating group) is 1. The molecule has 2 aromatic heterocycles. The first-order valence-corrected chi connectivity index (χ1v) is 9.81. The van der Waals surface area contributed by atoms with Gasteiger partial charge < -0.3 is 4.90 Å². The summed E-state index contributed by atoms with van der Waals surface area (Å²) in [5, 5.41) is 0.909. The number of amides is 1. The lowest BCUT2D eigenvalue weighted by molar-refractivity contribution is -0.131. The second kappa shape index (κ2) is 7.05. The minimum absolute atomic E-state index is 0.0304. The Morgan fingerprint density at radius 1 is 1.41 bits per heavy atom. The molecule has 0 fully saturated rings. The predicted molar refractivity (Wildman–Crippen MR) is 104 cm³/mol. The van der Waals surface area contributed by atoms with Gasteiger partial charge in [0.25, 0.3) is 5.56 Å². The summed E-state index contributed by atoms with van der Waals surface area (Å²) in [4.78, 5) is 33.1. The summed E-state index contributed by atoms with van der Waals surface area (Å²) in [6, 6.07) is 4.40. The largest absolute Gasteiger partial charge is 0.340 e. The van der Waals surface area contributed by atoms with Gasteiger partial charge in [-0.2, -0.15) is 0 Å². The Morgan fingerprint density at radius 3 is 3.00 bits per heavy atom. The molecule has 27 heavy (non-hydrogen) atoms. The molecule has 4 rings (SSSR count). The average Bonchev–Trinajstić information content (AvgIpc) is 3.21. The molecule has 0 unspecified atom stereocenters. The Hall–Kier alpha value is -2.25. The number of aryl methyl sites for hydroxylation is 2. The van der Waals surface area contributed by atoms with E-state index in [-0.39, 0.29) is 35.1 Å². The monoisotopic (exact) mass is 405 g/mol. The first-order chi connectivity index (χ1) is 13.0. The van der Waals surface area contributed by atoms with Crippen LogP contribution >= 0.6 is 22.9 Å². The lowest BCUT2D eigenvalue weighted by Gasteiger charge is -2.19. The minimum atomic E-state index is -0.462. The number of hydrogen-bond donors (Lipinski definition) is 0. The van der Waals surface area contributed by atoms with E-state index in [4.69, 9.17) is 11.6 Å². The molecule has 5 nitrogen and oxygen atoms in total. The van der Waals surface area contributed by atoms with Crippen LogP contribution in [0.15, 0.2) is 29.3 Å². The number of carbonyl (C=O) groups excluding carboxylic acids is 1. The molecule has 8 heteroatoms. The van der Waals surface area contributed by atoms with Crippen LogP contribution in [0.1, 0.15) is 22.4 Å². The van der Waals surface area contributed by atoms with Crippen LogP contribution in [0.3, 0.4) is 0 Å². The smallest absolute Gasteiger partial charge is 0.262 e. The topological polar surface area (TPSA) is 55.2 Å². The summed E-state index contributed by atoms with van der Waals surface area (Å²) in [5.74, 6) is -0.777. The fourth-order valence-electron chi connectivity index (χ4n) is 3.41. The maximum Gasteiger partial charge on any atom is 0.262 e. The van der Waals surface area contributed by atoms with Gasteiger partial charge in [-0.15, -0.1) is 11.3 Å². The Morgan fingerprint density at radius 2 is 2.22 bits per heavy atom. The van der Waals surface area contributed by atoms with Crippen LogP contribution in [0.4, 0.5) is 4.39 Å². The van der Waals surface area contributed by atoms with Gasteiger partial charge in [0.05, 0.1) is 11.7 Å². The molecule has 0 saturated heterocycles. The molecular formula is C19H17ClFN3O2S. The van der Waals surface area contributed by atoms with E-state index >= 15 is 0 Å². The predicted octanol–water partition coefficient (Wildman–Crippen LogP) is 3.40. The lowest BCUT2D eigenvalue weighted by Crippen LogP contribution is -2.34. The molecule has 1 aliphatic carbocycles. The molecule has 0 atom stereocenters. The molecule has 0 spiro atoms. The van der Waals surface area contributed by atoms with E-state index in [0.29, 0.717) is 5.39 Å². The van der Waals surface area contributed by atoms with Gasteiger partial charge in [0, 0.05) is 29.1 Å². The van der Waals surface area contributed by atoms with E-state index in [0.717, 1.165) is 29.7 Å². The molecule has 0 N–H and O–H groups in total. The second-order valence-electron chi connectivity index (χ2n) is 6.67. The van der Waals surface area contributed by atoms with E-state index in [2.05, 4.69) is 4.98 Å². The molecular weight excluding hydrogens is 389 g/mol. The van der Waals surface area contributed by atoms with Gasteiger partial charge in [0.15, 0.2) is 0 Å². The van der Waals surface area contributed by atoms with Gasteiger partial charge in [-0.3, -0.25) is 14.2 Å². The normalized spacial score (nSPS) is 13.1. The van der Waals surface area contributed by atoms with Crippen LogP contribution in [0.2, 0.25) is 5.02 Å². The quantitative estimate of drug-likeness (QED) is 0.668. The van der Waals surface area contributed by atoms with Crippen molar-refractivity contribution in [2.24, 2.45) is 0 Å². The van der Waals surface area contributed by atoms with Crippen molar-refractivity contribution in [2.45, 2.75) is 32.4 Å².